The van der Waals surface area contributed by atoms with Gasteiger partial charge in [0.05, 0.1) is 21.7 Å². The number of benzene rings is 2. The molecule has 3 rings (SSSR count). The maximum atomic E-state index is 13.4. The smallest absolute Gasteiger partial charge is 0.420 e. The van der Waals surface area contributed by atoms with Crippen LogP contribution in [0.3, 0.4) is 0 Å². The topological polar surface area (TPSA) is 95.0 Å². The fraction of sp³-hybridized carbons (Fsp3) is 0.222. The van der Waals surface area contributed by atoms with Crippen LogP contribution < -0.4 is 4.90 Å². The number of carbonyl (C=O) groups excluding carboxylic acids is 2. The molecule has 1 heterocycles. The number of alkyl halides is 3. The molecular formula is C18H15F3N2O5S. The molecule has 0 aromatic heterocycles. The highest BCUT2D eigenvalue weighted by molar-refractivity contribution is 7.92. The summed E-state index contributed by atoms with van der Waals surface area (Å²) in [6, 6.07) is 6.81. The van der Waals surface area contributed by atoms with Gasteiger partial charge in [0.2, 0.25) is 0 Å². The third kappa shape index (κ3) is 3.53. The summed E-state index contributed by atoms with van der Waals surface area (Å²) in [5.41, 5.74) is -2.83. The second-order valence-electron chi connectivity index (χ2n) is 6.56. The van der Waals surface area contributed by atoms with Gasteiger partial charge in [-0.25, -0.2) is 8.42 Å². The van der Waals surface area contributed by atoms with E-state index in [-0.39, 0.29) is 10.6 Å². The number of amides is 2. The summed E-state index contributed by atoms with van der Waals surface area (Å²) in [6.45, 7) is 0. The number of para-hydroxylation sites is 1. The lowest BCUT2D eigenvalue weighted by molar-refractivity contribution is -0.138. The summed E-state index contributed by atoms with van der Waals surface area (Å²) in [5.74, 6) is -4.04. The molecule has 0 unspecified atom stereocenters. The number of halogens is 3. The minimum atomic E-state index is -5.04. The zero-order valence-corrected chi connectivity index (χ0v) is 16.0. The fourth-order valence-corrected chi connectivity index (χ4v) is 4.47. The molecule has 0 bridgehead atoms. The van der Waals surface area contributed by atoms with Gasteiger partial charge < -0.3 is 10.0 Å². The monoisotopic (exact) mass is 428 g/mol. The SMILES string of the molecule is CN(C)C(=O)c1cc(C(=O)N2CS(=O)(=O)c3ccccc32)cc(C(F)(F)F)c1O. The van der Waals surface area contributed by atoms with Gasteiger partial charge in [0.25, 0.3) is 11.8 Å². The Morgan fingerprint density at radius 2 is 1.76 bits per heavy atom. The number of anilines is 1. The minimum Gasteiger partial charge on any atom is -0.506 e. The second-order valence-corrected chi connectivity index (χ2v) is 8.49. The zero-order valence-electron chi connectivity index (χ0n) is 15.2. The highest BCUT2D eigenvalue weighted by Crippen LogP contribution is 2.40. The van der Waals surface area contributed by atoms with Crippen LogP contribution >= 0.6 is 0 Å². The quantitative estimate of drug-likeness (QED) is 0.793. The van der Waals surface area contributed by atoms with Crippen molar-refractivity contribution < 1.29 is 36.3 Å². The predicted octanol–water partition coefficient (Wildman–Crippen LogP) is 2.50. The van der Waals surface area contributed by atoms with Crippen molar-refractivity contribution in [2.24, 2.45) is 0 Å². The summed E-state index contributed by atoms with van der Waals surface area (Å²) in [5, 5.41) is 9.97. The number of aromatic hydroxyl groups is 1. The summed E-state index contributed by atoms with van der Waals surface area (Å²) in [7, 11) is -1.29. The van der Waals surface area contributed by atoms with Crippen LogP contribution in [0.25, 0.3) is 0 Å². The molecule has 29 heavy (non-hydrogen) atoms. The van der Waals surface area contributed by atoms with Crippen molar-refractivity contribution in [3.63, 3.8) is 0 Å². The molecular weight excluding hydrogens is 413 g/mol. The maximum absolute atomic E-state index is 13.4. The van der Waals surface area contributed by atoms with Crippen LogP contribution in [0, 0.1) is 0 Å². The molecule has 0 atom stereocenters. The summed E-state index contributed by atoms with van der Waals surface area (Å²) in [6.07, 6.45) is -5.04. The van der Waals surface area contributed by atoms with E-state index in [2.05, 4.69) is 0 Å². The molecule has 1 aliphatic heterocycles. The van der Waals surface area contributed by atoms with Gasteiger partial charge in [-0.2, -0.15) is 13.2 Å². The molecule has 0 saturated carbocycles. The van der Waals surface area contributed by atoms with E-state index in [0.29, 0.717) is 6.07 Å². The van der Waals surface area contributed by atoms with Crippen molar-refractivity contribution in [3.8, 4) is 5.75 Å². The van der Waals surface area contributed by atoms with Gasteiger partial charge in [-0.1, -0.05) is 12.1 Å². The van der Waals surface area contributed by atoms with Gasteiger partial charge >= 0.3 is 6.18 Å². The van der Waals surface area contributed by atoms with Crippen LogP contribution in [0.1, 0.15) is 26.3 Å². The van der Waals surface area contributed by atoms with Crippen molar-refractivity contribution in [1.29, 1.82) is 0 Å². The first-order valence-electron chi connectivity index (χ1n) is 8.14. The Hall–Kier alpha value is -3.08. The van der Waals surface area contributed by atoms with E-state index in [1.807, 2.05) is 0 Å². The molecule has 0 aliphatic carbocycles. The van der Waals surface area contributed by atoms with Crippen LogP contribution in [0.15, 0.2) is 41.3 Å². The Bertz CT molecular complexity index is 1130. The molecule has 2 aromatic carbocycles. The summed E-state index contributed by atoms with van der Waals surface area (Å²) < 4.78 is 64.6. The van der Waals surface area contributed by atoms with E-state index in [9.17, 15) is 36.3 Å². The second kappa shape index (κ2) is 6.76. The van der Waals surface area contributed by atoms with Crippen LogP contribution in [-0.4, -0.2) is 50.2 Å². The Labute approximate surface area is 163 Å². The first-order valence-corrected chi connectivity index (χ1v) is 9.79. The molecule has 0 radical (unpaired) electrons. The van der Waals surface area contributed by atoms with Crippen LogP contribution in [0.5, 0.6) is 5.75 Å². The summed E-state index contributed by atoms with van der Waals surface area (Å²) in [4.78, 5) is 26.8. The Morgan fingerprint density at radius 3 is 2.34 bits per heavy atom. The lowest BCUT2D eigenvalue weighted by Gasteiger charge is -2.20. The first-order chi connectivity index (χ1) is 13.3. The van der Waals surface area contributed by atoms with E-state index < -0.39 is 56.1 Å². The largest absolute Gasteiger partial charge is 0.506 e. The van der Waals surface area contributed by atoms with Gasteiger partial charge in [0, 0.05) is 19.7 Å². The van der Waals surface area contributed by atoms with Crippen molar-refractivity contribution >= 4 is 27.3 Å². The number of sulfone groups is 1. The van der Waals surface area contributed by atoms with E-state index >= 15 is 0 Å². The third-order valence-electron chi connectivity index (χ3n) is 4.33. The highest BCUT2D eigenvalue weighted by atomic mass is 32.2. The Balaban J connectivity index is 2.18. The molecule has 2 amide bonds. The average molecular weight is 428 g/mol. The highest BCUT2D eigenvalue weighted by Gasteiger charge is 2.40. The Morgan fingerprint density at radius 1 is 1.14 bits per heavy atom. The first kappa shape index (κ1) is 20.6. The van der Waals surface area contributed by atoms with Crippen molar-refractivity contribution in [2.45, 2.75) is 11.1 Å². The van der Waals surface area contributed by atoms with Gasteiger partial charge in [-0.3, -0.25) is 14.5 Å². The molecule has 0 saturated heterocycles. The number of phenolic OH excluding ortho intramolecular Hbond substituents is 1. The summed E-state index contributed by atoms with van der Waals surface area (Å²) >= 11 is 0. The Kier molecular flexibility index (Phi) is 4.81. The third-order valence-corrected chi connectivity index (χ3v) is 5.95. The van der Waals surface area contributed by atoms with Gasteiger partial charge in [-0.15, -0.1) is 0 Å². The number of phenols is 1. The number of hydrogen-bond acceptors (Lipinski definition) is 5. The number of rotatable bonds is 2. The predicted molar refractivity (Wildman–Crippen MR) is 96.4 cm³/mol. The number of hydrogen-bond donors (Lipinski definition) is 1. The van der Waals surface area contributed by atoms with E-state index in [0.717, 1.165) is 15.9 Å². The van der Waals surface area contributed by atoms with Gasteiger partial charge in [-0.05, 0) is 24.3 Å². The maximum Gasteiger partial charge on any atom is 0.420 e. The van der Waals surface area contributed by atoms with Gasteiger partial charge in [0.15, 0.2) is 9.84 Å². The fourth-order valence-electron chi connectivity index (χ4n) is 2.95. The van der Waals surface area contributed by atoms with Crippen LogP contribution in [0.4, 0.5) is 18.9 Å². The van der Waals surface area contributed by atoms with Crippen LogP contribution in [-0.2, 0) is 16.0 Å². The molecule has 2 aromatic rings. The lowest BCUT2D eigenvalue weighted by Crippen LogP contribution is -2.31. The van der Waals surface area contributed by atoms with Crippen molar-refractivity contribution in [2.75, 3.05) is 24.9 Å². The molecule has 1 N–H and O–H groups in total. The molecule has 154 valence electrons. The van der Waals surface area contributed by atoms with Crippen LogP contribution in [0.2, 0.25) is 0 Å². The molecule has 1 aliphatic rings. The standard InChI is InChI=1S/C18H15F3N2O5S/c1-22(2)17(26)11-7-10(8-12(15(11)24)18(19,20)21)16(25)23-9-29(27,28)14-6-4-3-5-13(14)23/h3-8,24H,9H2,1-2H3. The lowest BCUT2D eigenvalue weighted by atomic mass is 10.0. The molecule has 7 nitrogen and oxygen atoms in total. The van der Waals surface area contributed by atoms with E-state index in [4.69, 9.17) is 0 Å². The number of carbonyl (C=O) groups is 2. The normalized spacial score (nSPS) is 15.1. The molecule has 0 spiro atoms. The number of nitrogens with zero attached hydrogens (tertiary/aromatic N) is 2. The molecule has 11 heteroatoms. The minimum absolute atomic E-state index is 0.0274. The van der Waals surface area contributed by atoms with Gasteiger partial charge in [0.1, 0.15) is 11.6 Å². The molecule has 0 fully saturated rings. The van der Waals surface area contributed by atoms with E-state index in [1.54, 1.807) is 0 Å². The average Bonchev–Trinajstić information content (AvgIpc) is 2.91. The number of fused-ring (bicyclic) bond motifs is 1. The zero-order chi connectivity index (χ0) is 21.7. The van der Waals surface area contributed by atoms with E-state index in [1.165, 1.54) is 38.4 Å². The van der Waals surface area contributed by atoms with Crippen molar-refractivity contribution in [3.05, 3.63) is 53.1 Å². The van der Waals surface area contributed by atoms with Crippen molar-refractivity contribution in [1.82, 2.24) is 4.90 Å².